The second-order valence-corrected chi connectivity index (χ2v) is 5.92. The summed E-state index contributed by atoms with van der Waals surface area (Å²) in [4.78, 5) is 1.11. The van der Waals surface area contributed by atoms with Crippen molar-refractivity contribution in [2.75, 3.05) is 13.4 Å². The smallest absolute Gasteiger partial charge is 0.146 e. The summed E-state index contributed by atoms with van der Waals surface area (Å²) in [5.74, 6) is 0.874. The molecule has 1 aliphatic carbocycles. The van der Waals surface area contributed by atoms with Gasteiger partial charge in [-0.3, -0.25) is 0 Å². The molecule has 0 atom stereocenters. The molecule has 0 aromatic heterocycles. The van der Waals surface area contributed by atoms with Gasteiger partial charge < -0.3 is 9.84 Å². The summed E-state index contributed by atoms with van der Waals surface area (Å²) in [5, 5.41) is 9.91. The zero-order valence-electron chi connectivity index (χ0n) is 9.42. The molecule has 2 rings (SSSR count). The van der Waals surface area contributed by atoms with Gasteiger partial charge in [0.05, 0.1) is 22.1 Å². The summed E-state index contributed by atoms with van der Waals surface area (Å²) in [7, 11) is 1.67. The Balaban J connectivity index is 2.30. The molecule has 88 valence electrons. The van der Waals surface area contributed by atoms with E-state index in [-0.39, 0.29) is 0 Å². The van der Waals surface area contributed by atoms with Crippen LogP contribution < -0.4 is 4.74 Å². The van der Waals surface area contributed by atoms with E-state index in [0.717, 1.165) is 39.9 Å². The first-order valence-corrected chi connectivity index (χ1v) is 7.22. The normalized spacial score (nSPS) is 17.2. The van der Waals surface area contributed by atoms with Gasteiger partial charge in [-0.05, 0) is 52.7 Å². The van der Waals surface area contributed by atoms with Gasteiger partial charge in [-0.15, -0.1) is 11.8 Å². The molecule has 1 aromatic carbocycles. The molecule has 0 aliphatic heterocycles. The van der Waals surface area contributed by atoms with Crippen molar-refractivity contribution in [1.82, 2.24) is 0 Å². The van der Waals surface area contributed by atoms with Crippen molar-refractivity contribution in [3.8, 4) is 5.75 Å². The van der Waals surface area contributed by atoms with Crippen molar-refractivity contribution in [2.45, 2.75) is 29.8 Å². The monoisotopic (exact) mass is 302 g/mol. The van der Waals surface area contributed by atoms with Crippen LogP contribution in [0.2, 0.25) is 0 Å². The van der Waals surface area contributed by atoms with Gasteiger partial charge in [0.1, 0.15) is 5.75 Å². The highest BCUT2D eigenvalue weighted by molar-refractivity contribution is 9.10. The Hall–Kier alpha value is -0.190. The van der Waals surface area contributed by atoms with Gasteiger partial charge in [0.25, 0.3) is 0 Å². The minimum Gasteiger partial charge on any atom is -0.494 e. The van der Waals surface area contributed by atoms with Crippen LogP contribution in [0.15, 0.2) is 21.5 Å². The molecule has 2 nitrogen and oxygen atoms in total. The number of rotatable bonds is 4. The molecule has 4 heteroatoms. The first-order valence-electron chi connectivity index (χ1n) is 5.21. The highest BCUT2D eigenvalue weighted by Crippen LogP contribution is 2.41. The molecule has 1 fully saturated rings. The fraction of sp³-hybridized carbons (Fsp3) is 0.500. The van der Waals surface area contributed by atoms with Gasteiger partial charge in [0.2, 0.25) is 0 Å². The van der Waals surface area contributed by atoms with E-state index in [1.807, 2.05) is 12.3 Å². The van der Waals surface area contributed by atoms with Crippen molar-refractivity contribution in [1.29, 1.82) is 0 Å². The molecule has 1 aromatic rings. The quantitative estimate of drug-likeness (QED) is 0.866. The van der Waals surface area contributed by atoms with Crippen molar-refractivity contribution >= 4 is 27.7 Å². The molecular weight excluding hydrogens is 288 g/mol. The second-order valence-electron chi connectivity index (χ2n) is 4.21. The number of hydrogen-bond donors (Lipinski definition) is 1. The Morgan fingerprint density at radius 2 is 2.19 bits per heavy atom. The average molecular weight is 303 g/mol. The molecule has 0 saturated heterocycles. The van der Waals surface area contributed by atoms with E-state index >= 15 is 0 Å². The Morgan fingerprint density at radius 1 is 1.50 bits per heavy atom. The largest absolute Gasteiger partial charge is 0.494 e. The summed E-state index contributed by atoms with van der Waals surface area (Å²) in [6.45, 7) is 0. The molecule has 0 spiro atoms. The van der Waals surface area contributed by atoms with E-state index in [0.29, 0.717) is 0 Å². The molecule has 1 saturated carbocycles. The molecule has 0 heterocycles. The van der Waals surface area contributed by atoms with Crippen LogP contribution in [0.25, 0.3) is 0 Å². The van der Waals surface area contributed by atoms with Crippen LogP contribution in [0.3, 0.4) is 0 Å². The average Bonchev–Trinajstić information content (AvgIpc) is 2.95. The van der Waals surface area contributed by atoms with Gasteiger partial charge in [-0.2, -0.15) is 0 Å². The molecule has 16 heavy (non-hydrogen) atoms. The van der Waals surface area contributed by atoms with Gasteiger partial charge in [-0.25, -0.2) is 0 Å². The second kappa shape index (κ2) is 4.59. The Labute approximate surface area is 109 Å². The summed E-state index contributed by atoms with van der Waals surface area (Å²) in [6, 6.07) is 4.14. The Bertz CT molecular complexity index is 402. The van der Waals surface area contributed by atoms with Crippen LogP contribution >= 0.6 is 27.7 Å². The number of ether oxygens (including phenoxy) is 1. The van der Waals surface area contributed by atoms with Crippen LogP contribution in [-0.4, -0.2) is 24.1 Å². The van der Waals surface area contributed by atoms with Crippen LogP contribution in [-0.2, 0) is 6.42 Å². The molecule has 0 amide bonds. The summed E-state index contributed by atoms with van der Waals surface area (Å²) >= 11 is 5.17. The van der Waals surface area contributed by atoms with Crippen molar-refractivity contribution in [3.05, 3.63) is 22.2 Å². The lowest BCUT2D eigenvalue weighted by molar-refractivity contribution is 0.151. The van der Waals surface area contributed by atoms with Crippen molar-refractivity contribution < 1.29 is 9.84 Å². The molecular formula is C12H15BrO2S. The van der Waals surface area contributed by atoms with E-state index in [1.54, 1.807) is 18.9 Å². The van der Waals surface area contributed by atoms with E-state index in [9.17, 15) is 5.11 Å². The lowest BCUT2D eigenvalue weighted by atomic mass is 10.1. The van der Waals surface area contributed by atoms with Gasteiger partial charge in [0, 0.05) is 6.42 Å². The molecule has 0 radical (unpaired) electrons. The van der Waals surface area contributed by atoms with Crippen LogP contribution in [0, 0.1) is 0 Å². The minimum atomic E-state index is -0.441. The van der Waals surface area contributed by atoms with E-state index in [2.05, 4.69) is 22.0 Å². The number of aliphatic hydroxyl groups is 1. The van der Waals surface area contributed by atoms with E-state index < -0.39 is 5.60 Å². The zero-order chi connectivity index (χ0) is 11.8. The van der Waals surface area contributed by atoms with Crippen LogP contribution in [0.1, 0.15) is 18.4 Å². The number of hydrogen-bond acceptors (Lipinski definition) is 3. The lowest BCUT2D eigenvalue weighted by Gasteiger charge is -2.13. The zero-order valence-corrected chi connectivity index (χ0v) is 11.8. The van der Waals surface area contributed by atoms with Crippen molar-refractivity contribution in [3.63, 3.8) is 0 Å². The third kappa shape index (κ3) is 2.55. The fourth-order valence-corrected chi connectivity index (χ4v) is 3.22. The maximum absolute atomic E-state index is 9.91. The number of halogens is 1. The first-order chi connectivity index (χ1) is 7.58. The van der Waals surface area contributed by atoms with Crippen LogP contribution in [0.4, 0.5) is 0 Å². The third-order valence-corrected chi connectivity index (χ3v) is 4.19. The number of benzene rings is 1. The van der Waals surface area contributed by atoms with Crippen LogP contribution in [0.5, 0.6) is 5.75 Å². The molecule has 0 bridgehead atoms. The number of methoxy groups -OCH3 is 1. The van der Waals surface area contributed by atoms with E-state index in [1.165, 1.54) is 0 Å². The third-order valence-electron chi connectivity index (χ3n) is 2.85. The predicted molar refractivity (Wildman–Crippen MR) is 70.4 cm³/mol. The Morgan fingerprint density at radius 3 is 2.69 bits per heavy atom. The highest BCUT2D eigenvalue weighted by Gasteiger charge is 2.40. The molecule has 1 aliphatic rings. The molecule has 1 N–H and O–H groups in total. The van der Waals surface area contributed by atoms with Gasteiger partial charge in [-0.1, -0.05) is 0 Å². The lowest BCUT2D eigenvalue weighted by Crippen LogP contribution is -2.10. The fourth-order valence-electron chi connectivity index (χ4n) is 1.77. The summed E-state index contributed by atoms with van der Waals surface area (Å²) in [5.41, 5.74) is 0.723. The maximum Gasteiger partial charge on any atom is 0.146 e. The standard InChI is InChI=1S/C12H15BrO2S/c1-15-11-9(13)5-8(6-10(11)16-2)7-12(14)3-4-12/h5-6,14H,3-4,7H2,1-2H3. The summed E-state index contributed by atoms with van der Waals surface area (Å²) in [6.07, 6.45) is 4.61. The first kappa shape index (κ1) is 12.3. The topological polar surface area (TPSA) is 29.5 Å². The SMILES string of the molecule is COc1c(Br)cc(CC2(O)CC2)cc1SC. The van der Waals surface area contributed by atoms with Crippen molar-refractivity contribution in [2.24, 2.45) is 0 Å². The van der Waals surface area contributed by atoms with Gasteiger partial charge in [0.15, 0.2) is 0 Å². The molecule has 0 unspecified atom stereocenters. The minimum absolute atomic E-state index is 0.441. The highest BCUT2D eigenvalue weighted by atomic mass is 79.9. The summed E-state index contributed by atoms with van der Waals surface area (Å²) < 4.78 is 6.30. The van der Waals surface area contributed by atoms with E-state index in [4.69, 9.17) is 4.74 Å². The predicted octanol–water partition coefficient (Wildman–Crippen LogP) is 3.25. The Kier molecular flexibility index (Phi) is 3.52. The van der Waals surface area contributed by atoms with Gasteiger partial charge >= 0.3 is 0 Å². The maximum atomic E-state index is 9.91. The number of thioether (sulfide) groups is 1.